The highest BCUT2D eigenvalue weighted by molar-refractivity contribution is 6.31. The van der Waals surface area contributed by atoms with E-state index < -0.39 is 46.6 Å². The SMILES string of the molecule is CC(C)N1CCC(Cc2ccccn2)(NC(=O)C(O)CO)CC1.CC(C)N1CCC(O)(Cc2cncc(F)c2)CC1.CC(C)N1CCC(O)(Cc2ncccc2Cl)CC1.Cc1ccc(CC2(O)CCN(C(C)C)CC2)nc1.Cc1cccc(CC2(O)CCN(C(C)C)CC2)n1. The normalized spacial score (nSPS) is 20.1. The van der Waals surface area contributed by atoms with Crippen LogP contribution >= 0.6 is 11.6 Å². The Morgan fingerprint density at radius 2 is 0.958 bits per heavy atom. The van der Waals surface area contributed by atoms with Crippen molar-refractivity contribution >= 4 is 17.5 Å². The van der Waals surface area contributed by atoms with Crippen molar-refractivity contribution in [2.75, 3.05) is 72.1 Å². The predicted molar refractivity (Wildman–Crippen MR) is 378 cm³/mol. The molecule has 0 bridgehead atoms. The van der Waals surface area contributed by atoms with E-state index in [1.54, 1.807) is 18.6 Å². The molecule has 1 unspecified atom stereocenters. The number of rotatable bonds is 18. The Bertz CT molecular complexity index is 2940. The molecule has 7 N–H and O–H groups in total. The second kappa shape index (κ2) is 37.3. The molecule has 20 heteroatoms. The molecule has 5 aromatic heterocycles. The van der Waals surface area contributed by atoms with Crippen LogP contribution < -0.4 is 5.32 Å². The minimum absolute atomic E-state index is 0.337. The van der Waals surface area contributed by atoms with Gasteiger partial charge in [-0.25, -0.2) is 4.39 Å². The number of likely N-dealkylation sites (tertiary alicyclic amines) is 5. The summed E-state index contributed by atoms with van der Waals surface area (Å²) in [5.41, 5.74) is 3.80. The molecule has 18 nitrogen and oxygen atoms in total. The number of aromatic nitrogens is 5. The van der Waals surface area contributed by atoms with Crippen molar-refractivity contribution in [2.45, 2.75) is 244 Å². The highest BCUT2D eigenvalue weighted by atomic mass is 35.5. The van der Waals surface area contributed by atoms with E-state index in [0.717, 1.165) is 164 Å². The zero-order chi connectivity index (χ0) is 69.6. The third-order valence-electron chi connectivity index (χ3n) is 20.0. The van der Waals surface area contributed by atoms with Crippen LogP contribution in [0.15, 0.2) is 97.7 Å². The Morgan fingerprint density at radius 1 is 0.516 bits per heavy atom. The average Bonchev–Trinajstić information content (AvgIpc) is 0.995. The van der Waals surface area contributed by atoms with E-state index in [9.17, 15) is 34.7 Å². The molecule has 0 saturated carbocycles. The number of carbonyl (C=O) groups is 1. The first-order valence-electron chi connectivity index (χ1n) is 35.0. The molecule has 0 aliphatic carbocycles. The molecule has 528 valence electrons. The Labute approximate surface area is 573 Å². The summed E-state index contributed by atoms with van der Waals surface area (Å²) in [5, 5.41) is 64.6. The zero-order valence-electron chi connectivity index (χ0n) is 59.4. The van der Waals surface area contributed by atoms with Gasteiger partial charge in [-0.15, -0.1) is 0 Å². The fourth-order valence-electron chi connectivity index (χ4n) is 13.4. The molecule has 0 radical (unpaired) electrons. The van der Waals surface area contributed by atoms with Gasteiger partial charge in [0.05, 0.1) is 45.9 Å². The van der Waals surface area contributed by atoms with Crippen LogP contribution in [0.1, 0.15) is 173 Å². The van der Waals surface area contributed by atoms with E-state index in [2.05, 4.69) is 130 Å². The van der Waals surface area contributed by atoms with E-state index in [1.807, 2.05) is 74.6 Å². The fraction of sp³-hybridized carbons (Fsp3) is 0.653. The summed E-state index contributed by atoms with van der Waals surface area (Å²) in [7, 11) is 0. The summed E-state index contributed by atoms with van der Waals surface area (Å²) in [6.45, 7) is 34.8. The van der Waals surface area contributed by atoms with E-state index in [1.165, 1.54) is 17.8 Å². The molecule has 5 aromatic rings. The van der Waals surface area contributed by atoms with Crippen LogP contribution in [0.25, 0.3) is 0 Å². The van der Waals surface area contributed by atoms with Crippen molar-refractivity contribution in [3.05, 3.63) is 148 Å². The molecular formula is C75H117ClFN11O7. The molecule has 0 aromatic carbocycles. The fourth-order valence-corrected chi connectivity index (χ4v) is 13.6. The molecule has 10 rings (SSSR count). The third kappa shape index (κ3) is 26.3. The van der Waals surface area contributed by atoms with Crippen LogP contribution in [0.2, 0.25) is 5.02 Å². The maximum Gasteiger partial charge on any atom is 0.251 e. The van der Waals surface area contributed by atoms with Gasteiger partial charge in [-0.1, -0.05) is 29.8 Å². The van der Waals surface area contributed by atoms with Crippen molar-refractivity contribution in [3.8, 4) is 0 Å². The number of nitrogens with zero attached hydrogens (tertiary/aromatic N) is 10. The number of hydrogen-bond acceptors (Lipinski definition) is 17. The van der Waals surface area contributed by atoms with Crippen molar-refractivity contribution < 1.29 is 39.8 Å². The number of pyridine rings is 5. The van der Waals surface area contributed by atoms with Crippen LogP contribution in [0.4, 0.5) is 4.39 Å². The first-order chi connectivity index (χ1) is 44.9. The zero-order valence-corrected chi connectivity index (χ0v) is 60.2. The van der Waals surface area contributed by atoms with Gasteiger partial charge in [-0.05, 0) is 207 Å². The number of halogens is 2. The largest absolute Gasteiger partial charge is 0.393 e. The van der Waals surface area contributed by atoms with Gasteiger partial charge >= 0.3 is 0 Å². The summed E-state index contributed by atoms with van der Waals surface area (Å²) in [6, 6.07) is 23.7. The number of amides is 1. The Hall–Kier alpha value is -5.00. The quantitative estimate of drug-likeness (QED) is 0.0433. The predicted octanol–water partition coefficient (Wildman–Crippen LogP) is 9.18. The van der Waals surface area contributed by atoms with Crippen LogP contribution in [0, 0.1) is 19.7 Å². The molecule has 1 amide bonds. The lowest BCUT2D eigenvalue weighted by Gasteiger charge is -2.44. The highest BCUT2D eigenvalue weighted by Crippen LogP contribution is 2.33. The van der Waals surface area contributed by atoms with Gasteiger partial charge in [0.15, 0.2) is 6.10 Å². The Balaban J connectivity index is 0.000000189. The highest BCUT2D eigenvalue weighted by Gasteiger charge is 2.40. The minimum Gasteiger partial charge on any atom is -0.393 e. The lowest BCUT2D eigenvalue weighted by Crippen LogP contribution is -2.59. The van der Waals surface area contributed by atoms with Crippen molar-refractivity contribution in [2.24, 2.45) is 0 Å². The molecule has 5 aliphatic heterocycles. The standard InChI is InChI=1S/C17H27N3O3.2C15H24N2O.C14H21ClN2O.C14H21FN2O/c1-13(2)20-9-6-17(7-10-20,19-16(23)15(22)12-21)11-14-5-3-4-8-18-14;1-12(2)17-8-6-15(18,7-9-17)10-14-5-4-13(3)11-16-14;1-12(2)17-9-7-15(18,8-10-17)11-14-6-4-5-13(3)16-14;1-11(2)17-8-5-14(18,6-9-17)10-13-12(15)4-3-7-16-13;1-11(2)17-5-3-14(18,4-6-17)8-12-7-13(15)10-16-9-12/h3-5,8,13,15,21-22H,6-7,9-12H2,1-2H3,(H,19,23);4-5,11-12,18H,6-10H2,1-3H3;4-6,12,18H,7-11H2,1-3H3;3-4,7,11,18H,5-6,8-10H2,1-2H3;7,9-11,18H,3-6,8H2,1-2H3. The minimum atomic E-state index is -1.38. The average molecular weight is 1340 g/mol. The van der Waals surface area contributed by atoms with Crippen LogP contribution in [0.5, 0.6) is 0 Å². The summed E-state index contributed by atoms with van der Waals surface area (Å²) < 4.78 is 13.1. The Morgan fingerprint density at radius 3 is 1.38 bits per heavy atom. The maximum absolute atomic E-state index is 13.1. The molecular weight excluding hydrogens is 1220 g/mol. The van der Waals surface area contributed by atoms with Gasteiger partial charge in [0.1, 0.15) is 5.82 Å². The van der Waals surface area contributed by atoms with E-state index in [0.29, 0.717) is 67.3 Å². The summed E-state index contributed by atoms with van der Waals surface area (Å²) in [6.07, 6.45) is 17.9. The molecule has 5 aliphatic rings. The third-order valence-corrected chi connectivity index (χ3v) is 20.3. The van der Waals surface area contributed by atoms with E-state index in [-0.39, 0.29) is 5.82 Å². The van der Waals surface area contributed by atoms with Crippen molar-refractivity contribution in [3.63, 3.8) is 0 Å². The summed E-state index contributed by atoms with van der Waals surface area (Å²) >= 11 is 6.10. The summed E-state index contributed by atoms with van der Waals surface area (Å²) in [4.78, 5) is 45.4. The lowest BCUT2D eigenvalue weighted by atomic mass is 9.82. The van der Waals surface area contributed by atoms with Crippen LogP contribution in [0.3, 0.4) is 0 Å². The number of piperidine rings is 5. The van der Waals surface area contributed by atoms with Crippen LogP contribution in [-0.2, 0) is 36.9 Å². The van der Waals surface area contributed by atoms with Gasteiger partial charge in [-0.3, -0.25) is 29.7 Å². The molecule has 10 heterocycles. The van der Waals surface area contributed by atoms with E-state index >= 15 is 0 Å². The smallest absolute Gasteiger partial charge is 0.251 e. The number of aliphatic hydroxyl groups is 6. The first kappa shape index (κ1) is 79.0. The van der Waals surface area contributed by atoms with Gasteiger partial charge in [0.25, 0.3) is 5.91 Å². The number of hydrogen-bond donors (Lipinski definition) is 7. The van der Waals surface area contributed by atoms with Crippen molar-refractivity contribution in [1.29, 1.82) is 0 Å². The maximum atomic E-state index is 13.1. The molecule has 5 saturated heterocycles. The van der Waals surface area contributed by atoms with Gasteiger partial charge in [0, 0.05) is 181 Å². The van der Waals surface area contributed by atoms with Gasteiger partial charge in [0.2, 0.25) is 0 Å². The van der Waals surface area contributed by atoms with Crippen molar-refractivity contribution in [1.82, 2.24) is 54.7 Å². The molecule has 0 spiro atoms. The summed E-state index contributed by atoms with van der Waals surface area (Å²) in [5.74, 6) is -0.850. The van der Waals surface area contributed by atoms with E-state index in [4.69, 9.17) is 16.7 Å². The number of nitrogens with one attached hydrogen (secondary N) is 1. The number of aryl methyl sites for hydroxylation is 2. The van der Waals surface area contributed by atoms with Gasteiger partial charge < -0.3 is 60.5 Å². The molecule has 1 atom stereocenters. The first-order valence-corrected chi connectivity index (χ1v) is 35.4. The second-order valence-electron chi connectivity index (χ2n) is 29.3. The van der Waals surface area contributed by atoms with Crippen LogP contribution in [-0.4, -0.2) is 222 Å². The number of carbonyl (C=O) groups excluding carboxylic acids is 1. The number of aliphatic hydroxyl groups excluding tert-OH is 2. The molecule has 95 heavy (non-hydrogen) atoms. The molecule has 5 fully saturated rings. The monoisotopic (exact) mass is 1340 g/mol. The van der Waals surface area contributed by atoms with Gasteiger partial charge in [-0.2, -0.15) is 0 Å². The Kier molecular flexibility index (Phi) is 31.0. The topological polar surface area (TPSA) is 231 Å². The lowest BCUT2D eigenvalue weighted by molar-refractivity contribution is -0.134. The second-order valence-corrected chi connectivity index (χ2v) is 29.7.